The molecule has 1 aromatic heterocycles. The van der Waals surface area contributed by atoms with E-state index in [-0.39, 0.29) is 29.3 Å². The van der Waals surface area contributed by atoms with Gasteiger partial charge in [0.2, 0.25) is 17.5 Å². The summed E-state index contributed by atoms with van der Waals surface area (Å²) < 4.78 is 6.43. The number of carbonyl (C=O) groups excluding carboxylic acids is 2. The van der Waals surface area contributed by atoms with E-state index in [1.54, 1.807) is 0 Å². The number of amides is 1. The van der Waals surface area contributed by atoms with Crippen LogP contribution in [0.1, 0.15) is 30.4 Å². The van der Waals surface area contributed by atoms with Crippen LogP contribution in [0.15, 0.2) is 39.8 Å². The minimum Gasteiger partial charge on any atom is -0.291 e. The molecule has 1 heterocycles. The van der Waals surface area contributed by atoms with Crippen LogP contribution in [0.3, 0.4) is 0 Å². The number of nitrogens with one attached hydrogen (secondary N) is 1. The molecule has 0 unspecified atom stereocenters. The first kappa shape index (κ1) is 15.2. The Labute approximate surface area is 126 Å². The summed E-state index contributed by atoms with van der Waals surface area (Å²) >= 11 is 1.41. The quantitative estimate of drug-likeness (QED) is 0.502. The number of nitrogens with zero attached hydrogens (tertiary/aromatic N) is 2. The average molecular weight is 306 g/mol. The van der Waals surface area contributed by atoms with Gasteiger partial charge >= 0.3 is 11.6 Å². The molecular weight excluding hydrogens is 290 g/mol. The second kappa shape index (κ2) is 7.03. The fraction of sp³-hybridized carbons (Fsp3) is 0.286. The Morgan fingerprint density at radius 2 is 2.14 bits per heavy atom. The zero-order valence-electron chi connectivity index (χ0n) is 11.8. The highest BCUT2D eigenvalue weighted by Gasteiger charge is 2.27. The van der Waals surface area contributed by atoms with Gasteiger partial charge in [-0.25, -0.2) is 0 Å². The number of rotatable bonds is 6. The molecule has 0 saturated carbocycles. The Morgan fingerprint density at radius 3 is 2.76 bits per heavy atom. The van der Waals surface area contributed by atoms with Gasteiger partial charge in [0.25, 0.3) is 0 Å². The van der Waals surface area contributed by atoms with E-state index < -0.39 is 0 Å². The molecule has 0 aliphatic rings. The van der Waals surface area contributed by atoms with E-state index in [0.29, 0.717) is 6.29 Å². The van der Waals surface area contributed by atoms with Crippen LogP contribution in [0.2, 0.25) is 0 Å². The predicted molar refractivity (Wildman–Crippen MR) is 78.3 cm³/mol. The van der Waals surface area contributed by atoms with E-state index in [0.717, 1.165) is 4.90 Å². The summed E-state index contributed by atoms with van der Waals surface area (Å²) in [6, 6.07) is 9.56. The zero-order chi connectivity index (χ0) is 15.2. The van der Waals surface area contributed by atoms with Gasteiger partial charge in [-0.2, -0.15) is 0 Å². The minimum absolute atomic E-state index is 0.0294. The van der Waals surface area contributed by atoms with Crippen molar-refractivity contribution in [1.29, 1.82) is 0 Å². The van der Waals surface area contributed by atoms with Gasteiger partial charge in [0.15, 0.2) is 6.04 Å². The number of aromatic nitrogens is 2. The van der Waals surface area contributed by atoms with Gasteiger partial charge in [0, 0.05) is 18.7 Å². The Morgan fingerprint density at radius 1 is 1.43 bits per heavy atom. The molecule has 2 rings (SSSR count). The lowest BCUT2D eigenvalue weighted by Gasteiger charge is -2.00. The summed E-state index contributed by atoms with van der Waals surface area (Å²) in [6.07, 6.45) is 0.621. The van der Waals surface area contributed by atoms with E-state index >= 15 is 0 Å². The van der Waals surface area contributed by atoms with E-state index in [1.807, 2.05) is 44.2 Å². The number of aldehydes is 1. The van der Waals surface area contributed by atoms with Crippen LogP contribution >= 0.6 is 11.8 Å². The highest BCUT2D eigenvalue weighted by Crippen LogP contribution is 2.17. The number of carbonyl (C=O) groups is 2. The molecule has 0 aliphatic carbocycles. The number of thioether (sulfide) groups is 1. The standard InChI is InChI=1S/C14H15N3O3S/c1-10(2)17-12(8-18)14(20-16-17)15-13(19)9-21-11-6-4-3-5-7-11/h3-8,10H,9H2,1-2H3/p+1. The first-order valence-corrected chi connectivity index (χ1v) is 7.44. The largest absolute Gasteiger partial charge is 0.337 e. The summed E-state index contributed by atoms with van der Waals surface area (Å²) in [7, 11) is 0. The number of hydrogen-bond donors (Lipinski definition) is 1. The number of hydrogen-bond acceptors (Lipinski definition) is 5. The highest BCUT2D eigenvalue weighted by molar-refractivity contribution is 8.00. The van der Waals surface area contributed by atoms with Gasteiger partial charge in [-0.3, -0.25) is 19.4 Å². The van der Waals surface area contributed by atoms with Crippen molar-refractivity contribution in [3.8, 4) is 0 Å². The van der Waals surface area contributed by atoms with Crippen molar-refractivity contribution in [3.05, 3.63) is 36.0 Å². The molecule has 1 N–H and O–H groups in total. The Balaban J connectivity index is 1.98. The molecule has 0 radical (unpaired) electrons. The van der Waals surface area contributed by atoms with Crippen molar-refractivity contribution in [1.82, 2.24) is 5.27 Å². The SMILES string of the molecule is CC(C)[n+]1noc(NC(=O)CSc2ccccc2)c1C=O. The lowest BCUT2D eigenvalue weighted by atomic mass is 10.3. The fourth-order valence-corrected chi connectivity index (χ4v) is 2.39. The Kier molecular flexibility index (Phi) is 5.10. The maximum atomic E-state index is 11.9. The van der Waals surface area contributed by atoms with Crippen molar-refractivity contribution in [2.45, 2.75) is 24.8 Å². The van der Waals surface area contributed by atoms with E-state index in [4.69, 9.17) is 4.52 Å². The monoisotopic (exact) mass is 306 g/mol. The third-order valence-corrected chi connectivity index (χ3v) is 3.68. The van der Waals surface area contributed by atoms with Crippen LogP contribution in [0.25, 0.3) is 0 Å². The van der Waals surface area contributed by atoms with Crippen LogP contribution in [0.4, 0.5) is 5.88 Å². The van der Waals surface area contributed by atoms with Crippen LogP contribution in [-0.4, -0.2) is 23.2 Å². The van der Waals surface area contributed by atoms with Gasteiger partial charge in [-0.1, -0.05) is 18.2 Å². The molecule has 7 heteroatoms. The minimum atomic E-state index is -0.251. The molecule has 0 atom stereocenters. The lowest BCUT2D eigenvalue weighted by Crippen LogP contribution is -2.41. The molecule has 1 aromatic carbocycles. The van der Waals surface area contributed by atoms with Gasteiger partial charge < -0.3 is 0 Å². The lowest BCUT2D eigenvalue weighted by molar-refractivity contribution is -0.780. The van der Waals surface area contributed by atoms with Crippen LogP contribution < -0.4 is 10.00 Å². The van der Waals surface area contributed by atoms with Crippen molar-refractivity contribution in [3.63, 3.8) is 0 Å². The molecule has 110 valence electrons. The summed E-state index contributed by atoms with van der Waals surface area (Å²) in [5.74, 6) is 0.0568. The molecule has 0 fully saturated rings. The highest BCUT2D eigenvalue weighted by atomic mass is 32.2. The van der Waals surface area contributed by atoms with Crippen LogP contribution in [0.5, 0.6) is 0 Å². The second-order valence-electron chi connectivity index (χ2n) is 4.59. The summed E-state index contributed by atoms with van der Waals surface area (Å²) in [5, 5.41) is 6.31. The second-order valence-corrected chi connectivity index (χ2v) is 5.64. The van der Waals surface area contributed by atoms with Crippen molar-refractivity contribution >= 4 is 29.8 Å². The van der Waals surface area contributed by atoms with Gasteiger partial charge in [-0.05, 0) is 16.8 Å². The molecule has 0 saturated heterocycles. The van der Waals surface area contributed by atoms with Crippen LogP contribution in [0, 0.1) is 0 Å². The third-order valence-electron chi connectivity index (χ3n) is 2.67. The van der Waals surface area contributed by atoms with E-state index in [9.17, 15) is 9.59 Å². The van der Waals surface area contributed by atoms with E-state index in [2.05, 4.69) is 10.6 Å². The first-order valence-electron chi connectivity index (χ1n) is 6.46. The average Bonchev–Trinajstić information content (AvgIpc) is 2.89. The molecule has 2 aromatic rings. The normalized spacial score (nSPS) is 10.6. The summed E-state index contributed by atoms with van der Waals surface area (Å²) in [5.41, 5.74) is 0.225. The van der Waals surface area contributed by atoms with Crippen molar-refractivity contribution in [2.75, 3.05) is 11.1 Å². The van der Waals surface area contributed by atoms with E-state index in [1.165, 1.54) is 16.4 Å². The Hall–Kier alpha value is -2.15. The number of anilines is 1. The fourth-order valence-electron chi connectivity index (χ4n) is 1.67. The topological polar surface area (TPSA) is 76.1 Å². The first-order chi connectivity index (χ1) is 10.1. The molecule has 0 aliphatic heterocycles. The number of benzene rings is 1. The third kappa shape index (κ3) is 3.91. The van der Waals surface area contributed by atoms with Crippen molar-refractivity contribution < 1.29 is 18.8 Å². The Bertz CT molecular complexity index is 626. The molecule has 0 spiro atoms. The summed E-state index contributed by atoms with van der Waals surface area (Å²) in [6.45, 7) is 3.73. The molecule has 1 amide bonds. The smallest absolute Gasteiger partial charge is 0.291 e. The van der Waals surface area contributed by atoms with Gasteiger partial charge in [-0.15, -0.1) is 11.8 Å². The molecule has 21 heavy (non-hydrogen) atoms. The zero-order valence-corrected chi connectivity index (χ0v) is 12.6. The molecule has 6 nitrogen and oxygen atoms in total. The van der Waals surface area contributed by atoms with Gasteiger partial charge in [0.1, 0.15) is 0 Å². The molecular formula is C14H16N3O3S+. The maximum absolute atomic E-state index is 11.9. The molecule has 0 bridgehead atoms. The van der Waals surface area contributed by atoms with Crippen LogP contribution in [-0.2, 0) is 4.79 Å². The summed E-state index contributed by atoms with van der Waals surface area (Å²) in [4.78, 5) is 24.0. The van der Waals surface area contributed by atoms with Gasteiger partial charge in [0.05, 0.1) is 5.75 Å². The van der Waals surface area contributed by atoms with Crippen molar-refractivity contribution in [2.24, 2.45) is 0 Å². The predicted octanol–water partition coefficient (Wildman–Crippen LogP) is 2.09. The maximum Gasteiger partial charge on any atom is 0.337 e.